The maximum Gasteiger partial charge on any atom is 0.384 e. The zero-order valence-corrected chi connectivity index (χ0v) is 18.8. The molecule has 1 heterocycles. The Bertz CT molecular complexity index is 1310. The number of rotatable bonds is 5. The third-order valence-electron chi connectivity index (χ3n) is 5.56. The van der Waals surface area contributed by atoms with Crippen LogP contribution in [0.2, 0.25) is 0 Å². The lowest BCUT2D eigenvalue weighted by Crippen LogP contribution is -2.86. The second-order valence-electron chi connectivity index (χ2n) is 7.84. The molecule has 206 valence electrons. The second-order valence-corrected chi connectivity index (χ2v) is 9.52. The predicted molar refractivity (Wildman–Crippen MR) is 100 cm³/mol. The molecule has 1 fully saturated rings. The summed E-state index contributed by atoms with van der Waals surface area (Å²) in [6.45, 7) is 2.90. The molecule has 1 saturated carbocycles. The predicted octanol–water partition coefficient (Wildman–Crippen LogP) is 4.93. The molecule has 3 rings (SSSR count). The summed E-state index contributed by atoms with van der Waals surface area (Å²) in [5.74, 6) is -40.9. The number of anilines is 2. The Balaban J connectivity index is 1.95. The van der Waals surface area contributed by atoms with Crippen molar-refractivity contribution in [2.75, 3.05) is 10.0 Å². The second kappa shape index (κ2) is 7.94. The fourth-order valence-corrected chi connectivity index (χ4v) is 4.18. The zero-order chi connectivity index (χ0) is 28.6. The van der Waals surface area contributed by atoms with E-state index in [0.29, 0.717) is 30.0 Å². The number of alkyl halides is 11. The van der Waals surface area contributed by atoms with Crippen LogP contribution in [0.3, 0.4) is 0 Å². The lowest BCUT2D eigenvalue weighted by atomic mass is 9.71. The van der Waals surface area contributed by atoms with Gasteiger partial charge < -0.3 is 9.84 Å². The molecule has 1 aromatic heterocycles. The number of halogens is 11. The van der Waals surface area contributed by atoms with Crippen LogP contribution >= 0.6 is 0 Å². The highest BCUT2D eigenvalue weighted by Crippen LogP contribution is 2.69. The van der Waals surface area contributed by atoms with Gasteiger partial charge in [-0.1, -0.05) is 5.16 Å². The molecule has 0 unspecified atom stereocenters. The monoisotopic (exact) mass is 575 g/mol. The maximum atomic E-state index is 14.8. The number of aryl methyl sites for hydroxylation is 1. The van der Waals surface area contributed by atoms with E-state index >= 15 is 0 Å². The normalized spacial score (nSPS) is 22.7. The van der Waals surface area contributed by atoms with Gasteiger partial charge in [-0.3, -0.25) is 4.79 Å². The summed E-state index contributed by atoms with van der Waals surface area (Å²) in [5, 5.41) is 4.36. The van der Waals surface area contributed by atoms with Gasteiger partial charge in [0.2, 0.25) is 5.88 Å². The van der Waals surface area contributed by atoms with Crippen molar-refractivity contribution < 1.29 is 66.0 Å². The van der Waals surface area contributed by atoms with Crippen LogP contribution in [-0.2, 0) is 14.8 Å². The van der Waals surface area contributed by atoms with E-state index in [4.69, 9.17) is 4.52 Å². The van der Waals surface area contributed by atoms with Gasteiger partial charge in [0.1, 0.15) is 0 Å². The first kappa shape index (κ1) is 28.5. The van der Waals surface area contributed by atoms with Gasteiger partial charge in [0.25, 0.3) is 15.9 Å². The molecule has 1 amide bonds. The quantitative estimate of drug-likeness (QED) is 0.493. The van der Waals surface area contributed by atoms with Crippen molar-refractivity contribution >= 4 is 27.5 Å². The van der Waals surface area contributed by atoms with Crippen LogP contribution < -0.4 is 10.0 Å². The topological polar surface area (TPSA) is 101 Å². The van der Waals surface area contributed by atoms with Gasteiger partial charge in [-0.25, -0.2) is 17.5 Å². The number of hydrogen-bond donors (Lipinski definition) is 2. The van der Waals surface area contributed by atoms with Crippen LogP contribution in [0.5, 0.6) is 0 Å². The number of carbonyl (C=O) groups excluding carboxylic acids is 1. The minimum atomic E-state index is -7.47. The van der Waals surface area contributed by atoms with Crippen LogP contribution in [0, 0.1) is 13.8 Å². The number of carbonyl (C=O) groups is 1. The molecule has 0 aliphatic heterocycles. The average Bonchev–Trinajstić information content (AvgIpc) is 3.09. The smallest absolute Gasteiger partial charge is 0.337 e. The van der Waals surface area contributed by atoms with Crippen LogP contribution in [-0.4, -0.2) is 54.8 Å². The Hall–Kier alpha value is -3.12. The lowest BCUT2D eigenvalue weighted by molar-refractivity contribution is -0.475. The van der Waals surface area contributed by atoms with Crippen molar-refractivity contribution in [2.45, 2.75) is 54.0 Å². The van der Waals surface area contributed by atoms with Gasteiger partial charge in [0.05, 0.1) is 10.6 Å². The first-order valence-corrected chi connectivity index (χ1v) is 10.9. The van der Waals surface area contributed by atoms with E-state index in [1.807, 2.05) is 4.72 Å². The highest BCUT2D eigenvalue weighted by atomic mass is 32.2. The Kier molecular flexibility index (Phi) is 6.10. The summed E-state index contributed by atoms with van der Waals surface area (Å²) in [6, 6.07) is 2.02. The zero-order valence-electron chi connectivity index (χ0n) is 18.0. The summed E-state index contributed by atoms with van der Waals surface area (Å²) in [5.41, 5.74) is -7.35. The Morgan fingerprint density at radius 1 is 0.784 bits per heavy atom. The van der Waals surface area contributed by atoms with E-state index in [1.165, 1.54) is 13.8 Å². The molecule has 2 aromatic rings. The van der Waals surface area contributed by atoms with Crippen molar-refractivity contribution in [3.63, 3.8) is 0 Å². The summed E-state index contributed by atoms with van der Waals surface area (Å²) >= 11 is 0. The van der Waals surface area contributed by atoms with Crippen molar-refractivity contribution in [2.24, 2.45) is 0 Å². The molecule has 0 atom stereocenters. The molecule has 0 radical (unpaired) electrons. The molecule has 1 aliphatic rings. The van der Waals surface area contributed by atoms with Crippen molar-refractivity contribution in [1.29, 1.82) is 0 Å². The first-order valence-electron chi connectivity index (χ1n) is 9.46. The van der Waals surface area contributed by atoms with E-state index < -0.39 is 61.8 Å². The average molecular weight is 575 g/mol. The molecule has 19 heteroatoms. The number of amides is 1. The molecule has 7 nitrogen and oxygen atoms in total. The Labute approximate surface area is 199 Å². The summed E-state index contributed by atoms with van der Waals surface area (Å²) in [7, 11) is -4.47. The van der Waals surface area contributed by atoms with Crippen molar-refractivity contribution in [1.82, 2.24) is 5.16 Å². The number of hydrogen-bond acceptors (Lipinski definition) is 5. The first-order chi connectivity index (χ1) is 16.5. The van der Waals surface area contributed by atoms with Gasteiger partial charge in [-0.15, -0.1) is 0 Å². The third kappa shape index (κ3) is 3.48. The number of aromatic nitrogens is 1. The van der Waals surface area contributed by atoms with Crippen LogP contribution in [0.1, 0.15) is 11.3 Å². The van der Waals surface area contributed by atoms with Gasteiger partial charge in [-0.2, -0.15) is 43.9 Å². The van der Waals surface area contributed by atoms with E-state index in [-0.39, 0.29) is 11.4 Å². The molecular formula is C18H12F11N3O4S. The minimum absolute atomic E-state index is 0.272. The molecule has 2 N–H and O–H groups in total. The Morgan fingerprint density at radius 2 is 1.22 bits per heavy atom. The number of nitrogens with zero attached hydrogens (tertiary/aromatic N) is 1. The molecule has 0 bridgehead atoms. The molecule has 0 saturated heterocycles. The molecular weight excluding hydrogens is 563 g/mol. The number of benzene rings is 1. The highest BCUT2D eigenvalue weighted by Gasteiger charge is 3.02. The summed E-state index contributed by atoms with van der Waals surface area (Å²) < 4.78 is 183. The van der Waals surface area contributed by atoms with Crippen LogP contribution in [0.15, 0.2) is 33.7 Å². The molecule has 1 aliphatic carbocycles. The largest absolute Gasteiger partial charge is 0.384 e. The number of sulfonamides is 1. The van der Waals surface area contributed by atoms with E-state index in [0.717, 1.165) is 5.32 Å². The summed E-state index contributed by atoms with van der Waals surface area (Å²) in [4.78, 5) is 11.3. The van der Waals surface area contributed by atoms with Crippen LogP contribution in [0.25, 0.3) is 0 Å². The SMILES string of the molecule is Cc1noc(NS(=O)(=O)c2ccc(NC(=O)C3(F)C(F)(F)C(F)(F)C(F)(F)C(F)(F)C3(F)F)cc2)c1C. The molecule has 1 aromatic carbocycles. The van der Waals surface area contributed by atoms with Crippen molar-refractivity contribution in [3.8, 4) is 0 Å². The highest BCUT2D eigenvalue weighted by molar-refractivity contribution is 7.92. The van der Waals surface area contributed by atoms with E-state index in [9.17, 15) is 61.5 Å². The fourth-order valence-electron chi connectivity index (χ4n) is 3.13. The van der Waals surface area contributed by atoms with Gasteiger partial charge in [-0.05, 0) is 38.1 Å². The standard InChI is InChI=1S/C18H12F11N3O4S/c1-7-8(2)31-36-11(7)32-37(34,35)10-5-3-9(4-6-10)30-12(33)13(19)14(20,21)16(24,25)18(28,29)17(26,27)15(13,22)23/h3-6,32H,1-2H3,(H,30,33). The summed E-state index contributed by atoms with van der Waals surface area (Å²) in [6.07, 6.45) is 0. The Morgan fingerprint density at radius 3 is 1.62 bits per heavy atom. The lowest BCUT2D eigenvalue weighted by Gasteiger charge is -2.51. The minimum Gasteiger partial charge on any atom is -0.337 e. The van der Waals surface area contributed by atoms with Gasteiger partial charge >= 0.3 is 35.3 Å². The van der Waals surface area contributed by atoms with Crippen molar-refractivity contribution in [3.05, 3.63) is 35.5 Å². The van der Waals surface area contributed by atoms with Gasteiger partial charge in [0, 0.05) is 11.3 Å². The van der Waals surface area contributed by atoms with Crippen LogP contribution in [0.4, 0.5) is 59.9 Å². The third-order valence-corrected chi connectivity index (χ3v) is 6.91. The maximum absolute atomic E-state index is 14.8. The molecule has 0 spiro atoms. The van der Waals surface area contributed by atoms with E-state index in [1.54, 1.807) is 0 Å². The fraction of sp³-hybridized carbons (Fsp3) is 0.444. The number of nitrogens with one attached hydrogen (secondary N) is 2. The van der Waals surface area contributed by atoms with Gasteiger partial charge in [0.15, 0.2) is 0 Å². The van der Waals surface area contributed by atoms with E-state index in [2.05, 4.69) is 5.16 Å². The molecule has 37 heavy (non-hydrogen) atoms.